The molecule has 0 radical (unpaired) electrons. The Bertz CT molecular complexity index is 1200. The van der Waals surface area contributed by atoms with Crippen molar-refractivity contribution >= 4 is 11.9 Å². The van der Waals surface area contributed by atoms with E-state index in [0.717, 1.165) is 29.5 Å². The second-order valence-electron chi connectivity index (χ2n) is 11.1. The summed E-state index contributed by atoms with van der Waals surface area (Å²) in [5.74, 6) is -0.883. The number of rotatable bonds is 2. The first-order valence-corrected chi connectivity index (χ1v) is 13.2. The summed E-state index contributed by atoms with van der Waals surface area (Å²) in [4.78, 5) is 26.3. The van der Waals surface area contributed by atoms with Gasteiger partial charge in [0.15, 0.2) is 5.79 Å². The van der Waals surface area contributed by atoms with Crippen molar-refractivity contribution in [1.29, 1.82) is 0 Å². The zero-order valence-electron chi connectivity index (χ0n) is 22.2. The second kappa shape index (κ2) is 10.1. The molecule has 196 valence electrons. The SMILES string of the molecule is Cc1cc(C)c2c(c1)C1CC1C[C@H]1OC(C)(C)O[C@@H]1C(OC(=O)c1ccccc1)/C=C\C[C@H](C)OC2=O. The molecule has 5 rings (SSSR count). The molecule has 0 aromatic heterocycles. The van der Waals surface area contributed by atoms with Gasteiger partial charge >= 0.3 is 11.9 Å². The van der Waals surface area contributed by atoms with Gasteiger partial charge in [-0.2, -0.15) is 0 Å². The Balaban J connectivity index is 1.47. The van der Waals surface area contributed by atoms with Gasteiger partial charge < -0.3 is 18.9 Å². The Kier molecular flexibility index (Phi) is 6.99. The van der Waals surface area contributed by atoms with E-state index in [4.69, 9.17) is 18.9 Å². The van der Waals surface area contributed by atoms with Crippen LogP contribution < -0.4 is 0 Å². The zero-order chi connectivity index (χ0) is 26.3. The number of fused-ring (bicyclic) bond motifs is 4. The van der Waals surface area contributed by atoms with Crippen LogP contribution in [0, 0.1) is 19.8 Å². The molecule has 2 aromatic rings. The Morgan fingerprint density at radius 3 is 2.57 bits per heavy atom. The van der Waals surface area contributed by atoms with E-state index in [1.54, 1.807) is 12.1 Å². The molecule has 0 N–H and O–H groups in total. The van der Waals surface area contributed by atoms with E-state index in [9.17, 15) is 9.59 Å². The molecule has 2 fully saturated rings. The van der Waals surface area contributed by atoms with E-state index in [1.807, 2.05) is 64.1 Å². The number of hydrogen-bond donors (Lipinski definition) is 0. The minimum atomic E-state index is -0.795. The van der Waals surface area contributed by atoms with Crippen LogP contribution in [0.4, 0.5) is 0 Å². The lowest BCUT2D eigenvalue weighted by Crippen LogP contribution is -2.38. The van der Waals surface area contributed by atoms with Gasteiger partial charge in [0, 0.05) is 6.42 Å². The third-order valence-electron chi connectivity index (χ3n) is 7.47. The number of cyclic esters (lactones) is 1. The second-order valence-corrected chi connectivity index (χ2v) is 11.1. The van der Waals surface area contributed by atoms with Crippen LogP contribution in [0.25, 0.3) is 0 Å². The highest BCUT2D eigenvalue weighted by molar-refractivity contribution is 5.93. The first-order chi connectivity index (χ1) is 17.6. The van der Waals surface area contributed by atoms with E-state index in [0.29, 0.717) is 23.5 Å². The molecule has 0 spiro atoms. The molecule has 0 amide bonds. The van der Waals surface area contributed by atoms with Crippen LogP contribution in [0.1, 0.15) is 83.4 Å². The number of aryl methyl sites for hydroxylation is 2. The minimum Gasteiger partial charge on any atom is -0.459 e. The van der Waals surface area contributed by atoms with Crippen LogP contribution in [0.2, 0.25) is 0 Å². The van der Waals surface area contributed by atoms with Gasteiger partial charge in [0.2, 0.25) is 0 Å². The van der Waals surface area contributed by atoms with Crippen LogP contribution in [0.5, 0.6) is 0 Å². The van der Waals surface area contributed by atoms with Crippen molar-refractivity contribution < 1.29 is 28.5 Å². The molecule has 2 heterocycles. The fraction of sp³-hybridized carbons (Fsp3) is 0.484. The number of hydrogen-bond acceptors (Lipinski definition) is 6. The molecular weight excluding hydrogens is 468 g/mol. The van der Waals surface area contributed by atoms with Crippen molar-refractivity contribution in [3.05, 3.63) is 82.4 Å². The van der Waals surface area contributed by atoms with Gasteiger partial charge in [0.05, 0.1) is 17.2 Å². The summed E-state index contributed by atoms with van der Waals surface area (Å²) in [7, 11) is 0. The minimum absolute atomic E-state index is 0.245. The maximum absolute atomic E-state index is 13.3. The summed E-state index contributed by atoms with van der Waals surface area (Å²) in [6.07, 6.45) is 4.30. The monoisotopic (exact) mass is 504 g/mol. The van der Waals surface area contributed by atoms with Crippen molar-refractivity contribution in [3.8, 4) is 0 Å². The van der Waals surface area contributed by atoms with Crippen LogP contribution in [0.3, 0.4) is 0 Å². The van der Waals surface area contributed by atoms with Crippen LogP contribution in [-0.4, -0.2) is 42.1 Å². The van der Waals surface area contributed by atoms with E-state index in [1.165, 1.54) is 0 Å². The molecule has 2 aliphatic heterocycles. The third-order valence-corrected chi connectivity index (χ3v) is 7.47. The molecule has 1 saturated heterocycles. The van der Waals surface area contributed by atoms with Gasteiger partial charge in [-0.05, 0) is 88.6 Å². The van der Waals surface area contributed by atoms with Gasteiger partial charge in [0.1, 0.15) is 18.3 Å². The van der Waals surface area contributed by atoms with Gasteiger partial charge in [-0.1, -0.05) is 42.0 Å². The Morgan fingerprint density at radius 1 is 1.05 bits per heavy atom. The van der Waals surface area contributed by atoms with Gasteiger partial charge in [0.25, 0.3) is 0 Å². The molecule has 2 aromatic carbocycles. The molecule has 0 bridgehead atoms. The molecule has 6 atom stereocenters. The van der Waals surface area contributed by atoms with Crippen molar-refractivity contribution in [2.75, 3.05) is 0 Å². The van der Waals surface area contributed by atoms with Crippen LogP contribution in [-0.2, 0) is 18.9 Å². The lowest BCUT2D eigenvalue weighted by atomic mass is 9.93. The summed E-state index contributed by atoms with van der Waals surface area (Å²) >= 11 is 0. The normalized spacial score (nSPS) is 31.6. The predicted molar refractivity (Wildman–Crippen MR) is 139 cm³/mol. The number of benzene rings is 2. The van der Waals surface area contributed by atoms with Gasteiger partial charge in [-0.15, -0.1) is 0 Å². The Hall–Kier alpha value is -2.96. The largest absolute Gasteiger partial charge is 0.459 e. The number of carbonyl (C=O) groups excluding carboxylic acids is 2. The predicted octanol–water partition coefficient (Wildman–Crippen LogP) is 6.05. The standard InChI is InChI=1S/C31H36O6/c1-18-14-19(2)27-24(15-18)23-16-22(23)17-26-28(37-31(4,5)36-26)25(13-9-10-20(3)34-30(27)33)35-29(32)21-11-7-6-8-12-21/h6-9,11-15,20,22-23,25-26,28H,10,16-17H2,1-5H3/b13-9-/t20-,22?,23?,25?,26+,28+/m0/s1. The molecule has 1 aliphatic carbocycles. The summed E-state index contributed by atoms with van der Waals surface area (Å²) in [5, 5.41) is 0. The maximum atomic E-state index is 13.3. The highest BCUT2D eigenvalue weighted by atomic mass is 16.8. The van der Waals surface area contributed by atoms with Crippen molar-refractivity contribution in [1.82, 2.24) is 0 Å². The Morgan fingerprint density at radius 2 is 1.81 bits per heavy atom. The highest BCUT2D eigenvalue weighted by Gasteiger charge is 2.50. The molecule has 1 saturated carbocycles. The highest BCUT2D eigenvalue weighted by Crippen LogP contribution is 2.53. The van der Waals surface area contributed by atoms with Gasteiger partial charge in [-0.25, -0.2) is 9.59 Å². The number of carbonyl (C=O) groups is 2. The van der Waals surface area contributed by atoms with Gasteiger partial charge in [-0.3, -0.25) is 0 Å². The molecule has 6 nitrogen and oxygen atoms in total. The fourth-order valence-electron chi connectivity index (χ4n) is 5.76. The zero-order valence-corrected chi connectivity index (χ0v) is 22.2. The van der Waals surface area contributed by atoms with E-state index in [-0.39, 0.29) is 24.1 Å². The van der Waals surface area contributed by atoms with E-state index >= 15 is 0 Å². The molecule has 6 heteroatoms. The number of esters is 2. The first kappa shape index (κ1) is 25.7. The van der Waals surface area contributed by atoms with Crippen LogP contribution in [0.15, 0.2) is 54.6 Å². The third kappa shape index (κ3) is 5.65. The lowest BCUT2D eigenvalue weighted by molar-refractivity contribution is -0.153. The molecular formula is C31H36O6. The topological polar surface area (TPSA) is 71.1 Å². The van der Waals surface area contributed by atoms with Crippen molar-refractivity contribution in [3.63, 3.8) is 0 Å². The quantitative estimate of drug-likeness (QED) is 0.366. The molecule has 37 heavy (non-hydrogen) atoms. The summed E-state index contributed by atoms with van der Waals surface area (Å²) in [6.45, 7) is 9.72. The first-order valence-electron chi connectivity index (χ1n) is 13.2. The summed E-state index contributed by atoms with van der Waals surface area (Å²) in [6, 6.07) is 13.1. The Labute approximate surface area is 218 Å². The average molecular weight is 505 g/mol. The van der Waals surface area contributed by atoms with E-state index < -0.39 is 24.0 Å². The van der Waals surface area contributed by atoms with Crippen molar-refractivity contribution in [2.45, 2.75) is 90.0 Å². The van der Waals surface area contributed by atoms with Crippen molar-refractivity contribution in [2.24, 2.45) is 5.92 Å². The molecule has 3 unspecified atom stereocenters. The van der Waals surface area contributed by atoms with E-state index in [2.05, 4.69) is 13.0 Å². The van der Waals surface area contributed by atoms with Crippen LogP contribution >= 0.6 is 0 Å². The number of ether oxygens (including phenoxy) is 4. The fourth-order valence-corrected chi connectivity index (χ4v) is 5.76. The maximum Gasteiger partial charge on any atom is 0.338 e. The summed E-state index contributed by atoms with van der Waals surface area (Å²) < 4.78 is 24.6. The molecule has 3 aliphatic rings. The average Bonchev–Trinajstić information content (AvgIpc) is 3.52. The summed E-state index contributed by atoms with van der Waals surface area (Å²) in [5.41, 5.74) is 4.33. The smallest absolute Gasteiger partial charge is 0.338 e. The lowest BCUT2D eigenvalue weighted by Gasteiger charge is -2.25.